The van der Waals surface area contributed by atoms with Gasteiger partial charge < -0.3 is 5.32 Å². The number of rotatable bonds is 5. The molecule has 0 unspecified atom stereocenters. The van der Waals surface area contributed by atoms with E-state index in [1.807, 2.05) is 47.4 Å². The van der Waals surface area contributed by atoms with Crippen LogP contribution in [-0.4, -0.2) is 27.7 Å². The maximum Gasteiger partial charge on any atom is 0.262 e. The Hall–Kier alpha value is -2.73. The van der Waals surface area contributed by atoms with Gasteiger partial charge in [0.2, 0.25) is 0 Å². The molecule has 23 heavy (non-hydrogen) atoms. The molecular weight excluding hydrogens is 308 g/mol. The first-order chi connectivity index (χ1) is 11.2. The lowest BCUT2D eigenvalue weighted by atomic mass is 10.2. The van der Waals surface area contributed by atoms with E-state index >= 15 is 0 Å². The lowest BCUT2D eigenvalue weighted by Gasteiger charge is -2.00. The lowest BCUT2D eigenvalue weighted by Crippen LogP contribution is -2.16. The van der Waals surface area contributed by atoms with E-state index in [9.17, 15) is 4.79 Å². The fourth-order valence-electron chi connectivity index (χ4n) is 2.08. The zero-order valence-corrected chi connectivity index (χ0v) is 13.5. The summed E-state index contributed by atoms with van der Waals surface area (Å²) in [5, 5.41) is 7.73. The molecule has 1 N–H and O–H groups in total. The highest BCUT2D eigenvalue weighted by Gasteiger charge is 2.06. The molecule has 3 aromatic rings. The number of nitrogens with zero attached hydrogens (tertiary/aromatic N) is 3. The number of thiazole rings is 1. The van der Waals surface area contributed by atoms with Gasteiger partial charge in [-0.1, -0.05) is 30.3 Å². The Labute approximate surface area is 138 Å². The van der Waals surface area contributed by atoms with E-state index in [1.54, 1.807) is 13.2 Å². The van der Waals surface area contributed by atoms with Crippen LogP contribution >= 0.6 is 11.3 Å². The molecule has 1 aromatic carbocycles. The third-order valence-corrected chi connectivity index (χ3v) is 4.19. The first-order valence-electron chi connectivity index (χ1n) is 7.17. The molecule has 6 heteroatoms. The molecule has 116 valence electrons. The van der Waals surface area contributed by atoms with E-state index in [0.29, 0.717) is 4.88 Å². The van der Waals surface area contributed by atoms with Crippen LogP contribution in [0.4, 0.5) is 0 Å². The van der Waals surface area contributed by atoms with Crippen LogP contribution in [0.15, 0.2) is 48.9 Å². The lowest BCUT2D eigenvalue weighted by molar-refractivity contribution is 0.0967. The zero-order chi connectivity index (χ0) is 16.1. The highest BCUT2D eigenvalue weighted by Crippen LogP contribution is 2.16. The topological polar surface area (TPSA) is 59.8 Å². The third-order valence-electron chi connectivity index (χ3n) is 3.23. The number of carbonyl (C=O) groups excluding carboxylic acids is 1. The summed E-state index contributed by atoms with van der Waals surface area (Å²) in [6.45, 7) is 0.743. The molecule has 0 spiro atoms. The van der Waals surface area contributed by atoms with Gasteiger partial charge in [-0.3, -0.25) is 9.48 Å². The standard InChI is InChI=1S/C17H16N4OS/c1-18-17(22)15-10-19-16(23-15)8-7-14-9-20-21(12-14)11-13-5-3-2-4-6-13/h2-10,12H,11H2,1H3,(H,18,22). The molecule has 0 aliphatic carbocycles. The molecule has 0 aliphatic heterocycles. The fourth-order valence-corrected chi connectivity index (χ4v) is 2.85. The van der Waals surface area contributed by atoms with Gasteiger partial charge in [-0.25, -0.2) is 4.98 Å². The molecule has 0 radical (unpaired) electrons. The molecule has 0 saturated carbocycles. The Kier molecular flexibility index (Phi) is 4.63. The second-order valence-electron chi connectivity index (χ2n) is 4.93. The minimum atomic E-state index is -0.113. The van der Waals surface area contributed by atoms with Crippen LogP contribution < -0.4 is 5.32 Å². The molecule has 0 fully saturated rings. The monoisotopic (exact) mass is 324 g/mol. The van der Waals surface area contributed by atoms with Crippen molar-refractivity contribution in [2.45, 2.75) is 6.54 Å². The van der Waals surface area contributed by atoms with E-state index in [2.05, 4.69) is 27.5 Å². The van der Waals surface area contributed by atoms with Crippen molar-refractivity contribution in [2.24, 2.45) is 0 Å². The van der Waals surface area contributed by atoms with Gasteiger partial charge in [0, 0.05) is 18.8 Å². The molecule has 0 atom stereocenters. The summed E-state index contributed by atoms with van der Waals surface area (Å²) in [5.74, 6) is -0.113. The van der Waals surface area contributed by atoms with Crippen molar-refractivity contribution in [1.82, 2.24) is 20.1 Å². The summed E-state index contributed by atoms with van der Waals surface area (Å²) in [4.78, 5) is 16.3. The third kappa shape index (κ3) is 3.92. The predicted molar refractivity (Wildman–Crippen MR) is 92.2 cm³/mol. The smallest absolute Gasteiger partial charge is 0.262 e. The molecule has 5 nitrogen and oxygen atoms in total. The summed E-state index contributed by atoms with van der Waals surface area (Å²) in [7, 11) is 1.61. The van der Waals surface area contributed by atoms with Crippen molar-refractivity contribution in [3.05, 3.63) is 69.9 Å². The fraction of sp³-hybridized carbons (Fsp3) is 0.118. The van der Waals surface area contributed by atoms with Crippen molar-refractivity contribution in [1.29, 1.82) is 0 Å². The first-order valence-corrected chi connectivity index (χ1v) is 7.98. The molecule has 0 saturated heterocycles. The number of hydrogen-bond donors (Lipinski definition) is 1. The Morgan fingerprint density at radius 1 is 1.26 bits per heavy atom. The number of hydrogen-bond acceptors (Lipinski definition) is 4. The molecule has 0 aliphatic rings. The van der Waals surface area contributed by atoms with Crippen LogP contribution in [0, 0.1) is 0 Å². The van der Waals surface area contributed by atoms with Gasteiger partial charge in [-0.15, -0.1) is 11.3 Å². The maximum absolute atomic E-state index is 11.5. The summed E-state index contributed by atoms with van der Waals surface area (Å²) in [6, 6.07) is 10.2. The number of aromatic nitrogens is 3. The minimum Gasteiger partial charge on any atom is -0.354 e. The van der Waals surface area contributed by atoms with Crippen molar-refractivity contribution < 1.29 is 4.79 Å². The first kappa shape index (κ1) is 15.2. The highest BCUT2D eigenvalue weighted by molar-refractivity contribution is 7.14. The van der Waals surface area contributed by atoms with Gasteiger partial charge in [0.1, 0.15) is 9.88 Å². The molecule has 1 amide bonds. The Bertz CT molecular complexity index is 820. The average Bonchev–Trinajstić information content (AvgIpc) is 3.22. The van der Waals surface area contributed by atoms with E-state index in [0.717, 1.165) is 17.1 Å². The van der Waals surface area contributed by atoms with Crippen LogP contribution in [0.2, 0.25) is 0 Å². The molecule has 3 rings (SSSR count). The van der Waals surface area contributed by atoms with Crippen LogP contribution in [0.5, 0.6) is 0 Å². The van der Waals surface area contributed by atoms with Gasteiger partial charge in [0.05, 0.1) is 18.9 Å². The van der Waals surface area contributed by atoms with Crippen LogP contribution in [0.1, 0.15) is 25.8 Å². The van der Waals surface area contributed by atoms with E-state index in [4.69, 9.17) is 0 Å². The minimum absolute atomic E-state index is 0.113. The van der Waals surface area contributed by atoms with E-state index in [-0.39, 0.29) is 5.91 Å². The van der Waals surface area contributed by atoms with E-state index < -0.39 is 0 Å². The zero-order valence-electron chi connectivity index (χ0n) is 12.6. The van der Waals surface area contributed by atoms with E-state index in [1.165, 1.54) is 16.9 Å². The Balaban J connectivity index is 1.66. The molecule has 2 heterocycles. The summed E-state index contributed by atoms with van der Waals surface area (Å²) in [6.07, 6.45) is 9.22. The van der Waals surface area contributed by atoms with Crippen molar-refractivity contribution in [2.75, 3.05) is 7.05 Å². The molecular formula is C17H16N4OS. The van der Waals surface area contributed by atoms with Crippen molar-refractivity contribution in [3.63, 3.8) is 0 Å². The number of benzene rings is 1. The van der Waals surface area contributed by atoms with Gasteiger partial charge in [-0.05, 0) is 17.7 Å². The predicted octanol–water partition coefficient (Wildman–Crippen LogP) is 2.92. The largest absolute Gasteiger partial charge is 0.354 e. The second-order valence-corrected chi connectivity index (χ2v) is 5.99. The highest BCUT2D eigenvalue weighted by atomic mass is 32.1. The Morgan fingerprint density at radius 2 is 2.09 bits per heavy atom. The van der Waals surface area contributed by atoms with Crippen molar-refractivity contribution in [3.8, 4) is 0 Å². The molecule has 2 aromatic heterocycles. The average molecular weight is 324 g/mol. The van der Waals surface area contributed by atoms with Crippen molar-refractivity contribution >= 4 is 29.4 Å². The normalized spacial score (nSPS) is 11.0. The van der Waals surface area contributed by atoms with Crippen LogP contribution in [-0.2, 0) is 6.54 Å². The van der Waals surface area contributed by atoms with Crippen LogP contribution in [0.3, 0.4) is 0 Å². The second kappa shape index (κ2) is 7.02. The molecule has 0 bridgehead atoms. The van der Waals surface area contributed by atoms with Crippen LogP contribution in [0.25, 0.3) is 12.2 Å². The number of amides is 1. The number of nitrogens with one attached hydrogen (secondary N) is 1. The summed E-state index contributed by atoms with van der Waals surface area (Å²) < 4.78 is 1.90. The van der Waals surface area contributed by atoms with Gasteiger partial charge in [0.25, 0.3) is 5.91 Å². The SMILES string of the molecule is CNC(=O)c1cnc(C=Cc2cnn(Cc3ccccc3)c2)s1. The van der Waals surface area contributed by atoms with Gasteiger partial charge in [0.15, 0.2) is 0 Å². The Morgan fingerprint density at radius 3 is 2.87 bits per heavy atom. The summed E-state index contributed by atoms with van der Waals surface area (Å²) >= 11 is 1.36. The van der Waals surface area contributed by atoms with Gasteiger partial charge >= 0.3 is 0 Å². The maximum atomic E-state index is 11.5. The number of carbonyl (C=O) groups is 1. The summed E-state index contributed by atoms with van der Waals surface area (Å²) in [5.41, 5.74) is 2.21. The van der Waals surface area contributed by atoms with Gasteiger partial charge in [-0.2, -0.15) is 5.10 Å². The quantitative estimate of drug-likeness (QED) is 0.785.